The third kappa shape index (κ3) is 4.35. The summed E-state index contributed by atoms with van der Waals surface area (Å²) in [4.78, 5) is 0. The summed E-state index contributed by atoms with van der Waals surface area (Å²) >= 11 is 0. The lowest BCUT2D eigenvalue weighted by atomic mass is 10.1. The van der Waals surface area contributed by atoms with Crippen LogP contribution in [0.25, 0.3) is 6.08 Å². The maximum atomic E-state index is 4.33. The molecule has 0 saturated carbocycles. The van der Waals surface area contributed by atoms with Crippen molar-refractivity contribution in [3.05, 3.63) is 23.5 Å². The second-order valence-electron chi connectivity index (χ2n) is 4.54. The van der Waals surface area contributed by atoms with Crippen molar-refractivity contribution in [2.75, 3.05) is 6.54 Å². The lowest BCUT2D eigenvalue weighted by molar-refractivity contribution is 0.592. The van der Waals surface area contributed by atoms with Gasteiger partial charge in [-0.3, -0.25) is 4.68 Å². The van der Waals surface area contributed by atoms with Crippen molar-refractivity contribution in [2.24, 2.45) is 0 Å². The van der Waals surface area contributed by atoms with Gasteiger partial charge in [-0.2, -0.15) is 5.10 Å². The van der Waals surface area contributed by atoms with Gasteiger partial charge in [-0.1, -0.05) is 19.4 Å². The SMILES string of the molecule is CCCNC(C)C(C)=Cc1ccnn1CCC. The summed E-state index contributed by atoms with van der Waals surface area (Å²) in [6.45, 7) is 10.8. The first-order valence-electron chi connectivity index (χ1n) is 6.62. The van der Waals surface area contributed by atoms with E-state index in [-0.39, 0.29) is 0 Å². The predicted molar refractivity (Wildman–Crippen MR) is 73.9 cm³/mol. The van der Waals surface area contributed by atoms with Gasteiger partial charge in [-0.25, -0.2) is 0 Å². The Kier molecular flexibility index (Phi) is 5.98. The third-order valence-corrected chi connectivity index (χ3v) is 2.94. The molecule has 17 heavy (non-hydrogen) atoms. The van der Waals surface area contributed by atoms with E-state index >= 15 is 0 Å². The van der Waals surface area contributed by atoms with Crippen molar-refractivity contribution in [1.82, 2.24) is 15.1 Å². The van der Waals surface area contributed by atoms with Crippen molar-refractivity contribution in [3.8, 4) is 0 Å². The summed E-state index contributed by atoms with van der Waals surface area (Å²) in [5.41, 5.74) is 2.56. The number of nitrogens with one attached hydrogen (secondary N) is 1. The number of aryl methyl sites for hydroxylation is 1. The smallest absolute Gasteiger partial charge is 0.0609 e. The molecule has 0 aliphatic heterocycles. The van der Waals surface area contributed by atoms with Crippen LogP contribution in [-0.4, -0.2) is 22.4 Å². The average Bonchev–Trinajstić information content (AvgIpc) is 2.74. The molecule has 1 unspecified atom stereocenters. The molecule has 1 heterocycles. The molecule has 0 fully saturated rings. The minimum Gasteiger partial charge on any atom is -0.311 e. The Morgan fingerprint density at radius 1 is 1.47 bits per heavy atom. The molecule has 0 saturated heterocycles. The first kappa shape index (κ1) is 14.0. The van der Waals surface area contributed by atoms with E-state index in [1.165, 1.54) is 17.7 Å². The molecule has 0 aromatic carbocycles. The number of hydrogen-bond donors (Lipinski definition) is 1. The van der Waals surface area contributed by atoms with E-state index in [9.17, 15) is 0 Å². The van der Waals surface area contributed by atoms with Crippen LogP contribution in [-0.2, 0) is 6.54 Å². The zero-order valence-corrected chi connectivity index (χ0v) is 11.5. The molecular weight excluding hydrogens is 210 g/mol. The molecular formula is C14H25N3. The van der Waals surface area contributed by atoms with Crippen molar-refractivity contribution in [3.63, 3.8) is 0 Å². The van der Waals surface area contributed by atoms with E-state index in [4.69, 9.17) is 0 Å². The highest BCUT2D eigenvalue weighted by molar-refractivity contribution is 5.49. The topological polar surface area (TPSA) is 29.9 Å². The summed E-state index contributed by atoms with van der Waals surface area (Å²) in [6.07, 6.45) is 6.39. The van der Waals surface area contributed by atoms with Gasteiger partial charge in [0.05, 0.1) is 5.69 Å². The molecule has 0 bridgehead atoms. The van der Waals surface area contributed by atoms with Gasteiger partial charge >= 0.3 is 0 Å². The van der Waals surface area contributed by atoms with Crippen LogP contribution in [0, 0.1) is 0 Å². The van der Waals surface area contributed by atoms with Gasteiger partial charge in [0.1, 0.15) is 0 Å². The maximum absolute atomic E-state index is 4.33. The van der Waals surface area contributed by atoms with Gasteiger partial charge in [-0.15, -0.1) is 0 Å². The van der Waals surface area contributed by atoms with Gasteiger partial charge in [0.2, 0.25) is 0 Å². The summed E-state index contributed by atoms with van der Waals surface area (Å²) in [7, 11) is 0. The summed E-state index contributed by atoms with van der Waals surface area (Å²) in [6, 6.07) is 2.51. The number of rotatable bonds is 7. The Hall–Kier alpha value is -1.09. The number of nitrogens with zero attached hydrogens (tertiary/aromatic N) is 2. The molecule has 0 amide bonds. The van der Waals surface area contributed by atoms with Gasteiger partial charge < -0.3 is 5.32 Å². The largest absolute Gasteiger partial charge is 0.311 e. The van der Waals surface area contributed by atoms with Crippen molar-refractivity contribution >= 4 is 6.08 Å². The molecule has 0 radical (unpaired) electrons. The van der Waals surface area contributed by atoms with Crippen LogP contribution in [0.1, 0.15) is 46.2 Å². The van der Waals surface area contributed by atoms with Crippen molar-refractivity contribution in [2.45, 2.75) is 53.1 Å². The van der Waals surface area contributed by atoms with Crippen LogP contribution in [0.2, 0.25) is 0 Å². The monoisotopic (exact) mass is 235 g/mol. The number of hydrogen-bond acceptors (Lipinski definition) is 2. The van der Waals surface area contributed by atoms with Crippen LogP contribution in [0.3, 0.4) is 0 Å². The molecule has 1 rings (SSSR count). The molecule has 0 spiro atoms. The highest BCUT2D eigenvalue weighted by Gasteiger charge is 2.04. The third-order valence-electron chi connectivity index (χ3n) is 2.94. The first-order valence-corrected chi connectivity index (χ1v) is 6.62. The molecule has 0 aliphatic rings. The van der Waals surface area contributed by atoms with Crippen LogP contribution >= 0.6 is 0 Å². The summed E-state index contributed by atoms with van der Waals surface area (Å²) in [5, 5.41) is 7.83. The zero-order valence-electron chi connectivity index (χ0n) is 11.5. The second-order valence-corrected chi connectivity index (χ2v) is 4.54. The van der Waals surface area contributed by atoms with Gasteiger partial charge in [0, 0.05) is 18.8 Å². The Balaban J connectivity index is 2.68. The predicted octanol–water partition coefficient (Wildman–Crippen LogP) is 3.08. The molecule has 1 aromatic heterocycles. The molecule has 1 atom stereocenters. The zero-order chi connectivity index (χ0) is 12.7. The van der Waals surface area contributed by atoms with Crippen LogP contribution < -0.4 is 5.32 Å². The van der Waals surface area contributed by atoms with Gasteiger partial charge in [-0.05, 0) is 45.4 Å². The van der Waals surface area contributed by atoms with E-state index in [1.807, 2.05) is 6.20 Å². The van der Waals surface area contributed by atoms with E-state index < -0.39 is 0 Å². The molecule has 1 N–H and O–H groups in total. The van der Waals surface area contributed by atoms with Crippen LogP contribution in [0.4, 0.5) is 0 Å². The van der Waals surface area contributed by atoms with Gasteiger partial charge in [0.15, 0.2) is 0 Å². The Morgan fingerprint density at radius 2 is 2.24 bits per heavy atom. The lowest BCUT2D eigenvalue weighted by Crippen LogP contribution is -2.27. The van der Waals surface area contributed by atoms with Crippen molar-refractivity contribution in [1.29, 1.82) is 0 Å². The summed E-state index contributed by atoms with van der Waals surface area (Å²) in [5.74, 6) is 0. The quantitative estimate of drug-likeness (QED) is 0.787. The molecule has 3 nitrogen and oxygen atoms in total. The van der Waals surface area contributed by atoms with E-state index in [0.717, 1.165) is 19.5 Å². The minimum absolute atomic E-state index is 0.430. The molecule has 1 aromatic rings. The van der Waals surface area contributed by atoms with Gasteiger partial charge in [0.25, 0.3) is 0 Å². The van der Waals surface area contributed by atoms with E-state index in [0.29, 0.717) is 6.04 Å². The standard InChI is InChI=1S/C14H25N3/c1-5-8-15-13(4)12(3)11-14-7-9-16-17(14)10-6-2/h7,9,11,13,15H,5-6,8,10H2,1-4H3. The fourth-order valence-electron chi connectivity index (χ4n) is 1.74. The fraction of sp³-hybridized carbons (Fsp3) is 0.643. The Labute approximate surface area is 105 Å². The lowest BCUT2D eigenvalue weighted by Gasteiger charge is -2.14. The Morgan fingerprint density at radius 3 is 2.88 bits per heavy atom. The Bertz CT molecular complexity index is 352. The maximum Gasteiger partial charge on any atom is 0.0609 e. The molecule has 3 heteroatoms. The van der Waals surface area contributed by atoms with Crippen LogP contribution in [0.15, 0.2) is 17.8 Å². The highest BCUT2D eigenvalue weighted by Crippen LogP contribution is 2.10. The first-order chi connectivity index (χ1) is 8.19. The van der Waals surface area contributed by atoms with Crippen LogP contribution in [0.5, 0.6) is 0 Å². The summed E-state index contributed by atoms with van der Waals surface area (Å²) < 4.78 is 2.07. The van der Waals surface area contributed by atoms with E-state index in [2.05, 4.69) is 54.9 Å². The fourth-order valence-corrected chi connectivity index (χ4v) is 1.74. The van der Waals surface area contributed by atoms with Crippen molar-refractivity contribution < 1.29 is 0 Å². The molecule has 0 aliphatic carbocycles. The normalized spacial score (nSPS) is 14.0. The average molecular weight is 235 g/mol. The number of aromatic nitrogens is 2. The highest BCUT2D eigenvalue weighted by atomic mass is 15.3. The minimum atomic E-state index is 0.430. The molecule has 96 valence electrons. The van der Waals surface area contributed by atoms with E-state index in [1.54, 1.807) is 0 Å². The second kappa shape index (κ2) is 7.28.